The molecule has 2 aromatic carbocycles. The van der Waals surface area contributed by atoms with Gasteiger partial charge in [0, 0.05) is 23.4 Å². The van der Waals surface area contributed by atoms with Gasteiger partial charge in [-0.3, -0.25) is 14.5 Å². The highest BCUT2D eigenvalue weighted by Gasteiger charge is 2.37. The van der Waals surface area contributed by atoms with Crippen LogP contribution >= 0.6 is 0 Å². The molecule has 1 saturated carbocycles. The fourth-order valence-electron chi connectivity index (χ4n) is 4.32. The molecule has 8 heteroatoms. The average Bonchev–Trinajstić information content (AvgIpc) is 3.57. The number of furan rings is 1. The van der Waals surface area contributed by atoms with E-state index in [1.54, 1.807) is 36.4 Å². The third-order valence-corrected chi connectivity index (χ3v) is 6.00. The highest BCUT2D eigenvalue weighted by molar-refractivity contribution is 6.08. The number of hydrogen-bond acceptors (Lipinski definition) is 5. The number of benzene rings is 2. The SMILES string of the molecule is COc1ccc(N(C(=O)c2ccco2)[C@@H](C(=O)NC2CCCC2)c2ccccc2F)cc1OC. The minimum absolute atomic E-state index is 0.0183. The van der Waals surface area contributed by atoms with Gasteiger partial charge in [-0.25, -0.2) is 4.39 Å². The zero-order valence-corrected chi connectivity index (χ0v) is 19.1. The van der Waals surface area contributed by atoms with Gasteiger partial charge in [-0.2, -0.15) is 0 Å². The monoisotopic (exact) mass is 466 g/mol. The molecule has 2 amide bonds. The van der Waals surface area contributed by atoms with Crippen molar-refractivity contribution in [2.75, 3.05) is 19.1 Å². The Bertz CT molecular complexity index is 1140. The molecule has 0 spiro atoms. The van der Waals surface area contributed by atoms with Crippen LogP contribution in [0, 0.1) is 5.82 Å². The second-order valence-electron chi connectivity index (χ2n) is 8.11. The summed E-state index contributed by atoms with van der Waals surface area (Å²) in [6.07, 6.45) is 5.09. The number of hydrogen-bond donors (Lipinski definition) is 1. The predicted octanol–water partition coefficient (Wildman–Crippen LogP) is 4.88. The van der Waals surface area contributed by atoms with Crippen LogP contribution < -0.4 is 19.7 Å². The van der Waals surface area contributed by atoms with Crippen molar-refractivity contribution < 1.29 is 27.9 Å². The number of methoxy groups -OCH3 is 2. The van der Waals surface area contributed by atoms with Crippen LogP contribution in [-0.4, -0.2) is 32.1 Å². The Morgan fingerprint density at radius 3 is 2.41 bits per heavy atom. The highest BCUT2D eigenvalue weighted by atomic mass is 19.1. The second-order valence-corrected chi connectivity index (χ2v) is 8.11. The lowest BCUT2D eigenvalue weighted by atomic mass is 10.0. The largest absolute Gasteiger partial charge is 0.493 e. The maximum atomic E-state index is 15.1. The summed E-state index contributed by atoms with van der Waals surface area (Å²) >= 11 is 0. The molecule has 178 valence electrons. The van der Waals surface area contributed by atoms with Crippen LogP contribution in [0.25, 0.3) is 0 Å². The Hall–Kier alpha value is -3.81. The van der Waals surface area contributed by atoms with E-state index in [1.807, 2.05) is 0 Å². The van der Waals surface area contributed by atoms with Gasteiger partial charge in [0.05, 0.1) is 20.5 Å². The maximum absolute atomic E-state index is 15.1. The van der Waals surface area contributed by atoms with Crippen molar-refractivity contribution in [3.63, 3.8) is 0 Å². The molecule has 1 aliphatic carbocycles. The summed E-state index contributed by atoms with van der Waals surface area (Å²) in [6, 6.07) is 12.6. The van der Waals surface area contributed by atoms with Crippen molar-refractivity contribution in [2.45, 2.75) is 37.8 Å². The van der Waals surface area contributed by atoms with Crippen LogP contribution in [0.5, 0.6) is 11.5 Å². The molecule has 0 bridgehead atoms. The molecule has 1 aliphatic rings. The second kappa shape index (κ2) is 10.4. The molecule has 0 saturated heterocycles. The summed E-state index contributed by atoms with van der Waals surface area (Å²) in [4.78, 5) is 28.6. The van der Waals surface area contributed by atoms with Gasteiger partial charge in [-0.1, -0.05) is 31.0 Å². The number of amides is 2. The van der Waals surface area contributed by atoms with Crippen LogP contribution in [0.4, 0.5) is 10.1 Å². The number of rotatable bonds is 8. The summed E-state index contributed by atoms with van der Waals surface area (Å²) in [7, 11) is 2.97. The first-order valence-electron chi connectivity index (χ1n) is 11.2. The van der Waals surface area contributed by atoms with Crippen LogP contribution in [0.3, 0.4) is 0 Å². The number of ether oxygens (including phenoxy) is 2. The lowest BCUT2D eigenvalue weighted by Crippen LogP contribution is -2.46. The molecule has 1 atom stereocenters. The van der Waals surface area contributed by atoms with Gasteiger partial charge in [0.25, 0.3) is 5.91 Å². The van der Waals surface area contributed by atoms with E-state index in [0.29, 0.717) is 17.2 Å². The van der Waals surface area contributed by atoms with Gasteiger partial charge < -0.3 is 19.2 Å². The van der Waals surface area contributed by atoms with Gasteiger partial charge in [0.2, 0.25) is 5.91 Å². The number of halogens is 1. The lowest BCUT2D eigenvalue weighted by Gasteiger charge is -2.32. The highest BCUT2D eigenvalue weighted by Crippen LogP contribution is 2.37. The Kier molecular flexibility index (Phi) is 7.15. The summed E-state index contributed by atoms with van der Waals surface area (Å²) < 4.78 is 31.2. The number of carbonyl (C=O) groups is 2. The van der Waals surface area contributed by atoms with Crippen LogP contribution in [-0.2, 0) is 4.79 Å². The lowest BCUT2D eigenvalue weighted by molar-refractivity contribution is -0.123. The van der Waals surface area contributed by atoms with E-state index in [9.17, 15) is 9.59 Å². The fourth-order valence-corrected chi connectivity index (χ4v) is 4.32. The Morgan fingerprint density at radius 1 is 1.03 bits per heavy atom. The normalized spacial score (nSPS) is 14.4. The van der Waals surface area contributed by atoms with Crippen molar-refractivity contribution in [1.29, 1.82) is 0 Å². The standard InChI is InChI=1S/C26H27FN2O5/c1-32-21-14-13-18(16-23(21)33-2)29(26(31)22-12-7-15-34-22)24(19-10-5-6-11-20(19)27)25(30)28-17-8-3-4-9-17/h5-7,10-17,24H,3-4,8-9H2,1-2H3,(H,28,30)/t24-/m1/s1. The Labute approximate surface area is 197 Å². The van der Waals surface area contributed by atoms with Crippen molar-refractivity contribution in [1.82, 2.24) is 5.32 Å². The Morgan fingerprint density at radius 2 is 1.76 bits per heavy atom. The van der Waals surface area contributed by atoms with Crippen LogP contribution in [0.15, 0.2) is 65.3 Å². The van der Waals surface area contributed by atoms with Gasteiger partial charge >= 0.3 is 0 Å². The van der Waals surface area contributed by atoms with E-state index in [1.165, 1.54) is 43.6 Å². The molecule has 0 unspecified atom stereocenters. The molecule has 1 N–H and O–H groups in total. The minimum atomic E-state index is -1.28. The predicted molar refractivity (Wildman–Crippen MR) is 125 cm³/mol. The van der Waals surface area contributed by atoms with E-state index in [4.69, 9.17) is 13.9 Å². The number of anilines is 1. The summed E-state index contributed by atoms with van der Waals surface area (Å²) in [5.74, 6) is -0.814. The average molecular weight is 467 g/mol. The molecule has 4 rings (SSSR count). The van der Waals surface area contributed by atoms with Gasteiger partial charge in [-0.05, 0) is 43.2 Å². The van der Waals surface area contributed by atoms with Gasteiger partial charge in [0.1, 0.15) is 11.9 Å². The molecule has 34 heavy (non-hydrogen) atoms. The molecular formula is C26H27FN2O5. The van der Waals surface area contributed by atoms with Crippen molar-refractivity contribution in [3.8, 4) is 11.5 Å². The van der Waals surface area contributed by atoms with Crippen LogP contribution in [0.1, 0.15) is 47.8 Å². The first kappa shape index (κ1) is 23.4. The molecular weight excluding hydrogens is 439 g/mol. The third kappa shape index (κ3) is 4.76. The van der Waals surface area contributed by atoms with Crippen molar-refractivity contribution >= 4 is 17.5 Å². The molecule has 1 heterocycles. The summed E-state index contributed by atoms with van der Waals surface area (Å²) in [5.41, 5.74) is 0.404. The zero-order valence-electron chi connectivity index (χ0n) is 19.1. The molecule has 1 aromatic heterocycles. The van der Waals surface area contributed by atoms with Gasteiger partial charge in [0.15, 0.2) is 17.3 Å². The number of carbonyl (C=O) groups excluding carboxylic acids is 2. The van der Waals surface area contributed by atoms with Gasteiger partial charge in [-0.15, -0.1) is 0 Å². The van der Waals surface area contributed by atoms with Crippen LogP contribution in [0.2, 0.25) is 0 Å². The first-order chi connectivity index (χ1) is 16.5. The molecule has 0 aliphatic heterocycles. The molecule has 1 fully saturated rings. The van der Waals surface area contributed by atoms with E-state index in [0.717, 1.165) is 25.7 Å². The quantitative estimate of drug-likeness (QED) is 0.512. The summed E-state index contributed by atoms with van der Waals surface area (Å²) in [5, 5.41) is 3.02. The summed E-state index contributed by atoms with van der Waals surface area (Å²) in [6.45, 7) is 0. The molecule has 3 aromatic rings. The number of nitrogens with zero attached hydrogens (tertiary/aromatic N) is 1. The minimum Gasteiger partial charge on any atom is -0.493 e. The molecule has 7 nitrogen and oxygen atoms in total. The third-order valence-electron chi connectivity index (χ3n) is 6.00. The van der Waals surface area contributed by atoms with E-state index >= 15 is 4.39 Å². The smallest absolute Gasteiger partial charge is 0.294 e. The van der Waals surface area contributed by atoms with Crippen molar-refractivity contribution in [2.24, 2.45) is 0 Å². The van der Waals surface area contributed by atoms with E-state index < -0.39 is 23.7 Å². The van der Waals surface area contributed by atoms with E-state index in [2.05, 4.69) is 5.32 Å². The fraction of sp³-hybridized carbons (Fsp3) is 0.308. The maximum Gasteiger partial charge on any atom is 0.294 e. The zero-order chi connectivity index (χ0) is 24.1. The Balaban J connectivity index is 1.86. The first-order valence-corrected chi connectivity index (χ1v) is 11.2. The molecule has 0 radical (unpaired) electrons. The van der Waals surface area contributed by atoms with Crippen molar-refractivity contribution in [3.05, 3.63) is 78.0 Å². The topological polar surface area (TPSA) is 81.0 Å². The number of nitrogens with one attached hydrogen (secondary N) is 1. The van der Waals surface area contributed by atoms with E-state index in [-0.39, 0.29) is 17.4 Å².